The number of aromatic carboxylic acids is 1. The second-order valence-electron chi connectivity index (χ2n) is 5.00. The van der Waals surface area contributed by atoms with Crippen molar-refractivity contribution in [2.45, 2.75) is 0 Å². The number of carboxylic acid groups (broad SMARTS) is 1. The Kier molecular flexibility index (Phi) is 3.22. The third-order valence-corrected chi connectivity index (χ3v) is 9.58. The molecule has 0 saturated heterocycles. The second kappa shape index (κ2) is 5.00. The molecule has 2 nitrogen and oxygen atoms in total. The van der Waals surface area contributed by atoms with Gasteiger partial charge < -0.3 is 5.11 Å². The number of thiophene rings is 4. The van der Waals surface area contributed by atoms with Gasteiger partial charge in [0.25, 0.3) is 0 Å². The molecule has 0 aliphatic heterocycles. The fourth-order valence-electron chi connectivity index (χ4n) is 2.84. The summed E-state index contributed by atoms with van der Waals surface area (Å²) in [5.41, 5.74) is 0. The maximum atomic E-state index is 11.3. The predicted octanol–water partition coefficient (Wildman–Crippen LogP) is 7.77. The molecule has 0 bridgehead atoms. The molecule has 5 aromatic rings. The number of carboxylic acids is 1. The lowest BCUT2D eigenvalue weighted by atomic mass is 10.1. The number of halogens is 2. The van der Waals surface area contributed by atoms with Gasteiger partial charge in [-0.25, -0.2) is 4.79 Å². The molecule has 0 aliphatic rings. The molecule has 1 N–H and O–H groups in total. The molecule has 4 heterocycles. The average molecular weight is 504 g/mol. The minimum Gasteiger partial charge on any atom is -0.477 e. The fraction of sp³-hybridized carbons (Fsp3) is 0. The van der Waals surface area contributed by atoms with Gasteiger partial charge >= 0.3 is 5.97 Å². The highest BCUT2D eigenvalue weighted by molar-refractivity contribution is 9.11. The van der Waals surface area contributed by atoms with E-state index in [0.717, 1.165) is 17.0 Å². The van der Waals surface area contributed by atoms with Crippen molar-refractivity contribution in [3.63, 3.8) is 0 Å². The van der Waals surface area contributed by atoms with Crippen LogP contribution in [0.25, 0.3) is 39.7 Å². The van der Waals surface area contributed by atoms with Gasteiger partial charge in [-0.1, -0.05) is 0 Å². The van der Waals surface area contributed by atoms with E-state index in [2.05, 4.69) is 44.0 Å². The molecule has 0 fully saturated rings. The van der Waals surface area contributed by atoms with Gasteiger partial charge in [-0.2, -0.15) is 0 Å². The molecule has 0 radical (unpaired) electrons. The molecule has 0 aliphatic carbocycles. The van der Waals surface area contributed by atoms with Crippen LogP contribution >= 0.6 is 77.2 Å². The zero-order valence-electron chi connectivity index (χ0n) is 11.0. The highest BCUT2D eigenvalue weighted by Gasteiger charge is 2.20. The van der Waals surface area contributed by atoms with Crippen molar-refractivity contribution >= 4 is 123 Å². The zero-order valence-corrected chi connectivity index (χ0v) is 17.4. The van der Waals surface area contributed by atoms with Gasteiger partial charge in [-0.05, 0) is 50.1 Å². The molecule has 0 amide bonds. The summed E-state index contributed by atoms with van der Waals surface area (Å²) in [6, 6.07) is 6.13. The Morgan fingerprint density at radius 1 is 0.826 bits per heavy atom. The van der Waals surface area contributed by atoms with E-state index in [0.29, 0.717) is 4.88 Å². The molecule has 0 unspecified atom stereocenters. The topological polar surface area (TPSA) is 37.3 Å². The van der Waals surface area contributed by atoms with Crippen molar-refractivity contribution in [3.05, 3.63) is 30.6 Å². The van der Waals surface area contributed by atoms with Gasteiger partial charge in [0.15, 0.2) is 0 Å². The quantitative estimate of drug-likeness (QED) is 0.253. The van der Waals surface area contributed by atoms with Crippen molar-refractivity contribution in [2.24, 2.45) is 0 Å². The lowest BCUT2D eigenvalue weighted by Crippen LogP contribution is -1.89. The van der Waals surface area contributed by atoms with Crippen molar-refractivity contribution in [3.8, 4) is 0 Å². The molecular formula is C15H4Br2O2S4. The summed E-state index contributed by atoms with van der Waals surface area (Å²) in [6.07, 6.45) is 0. The first-order chi connectivity index (χ1) is 11.0. The summed E-state index contributed by atoms with van der Waals surface area (Å²) in [5.74, 6) is -0.853. The lowest BCUT2D eigenvalue weighted by molar-refractivity contribution is 0.0702. The molecule has 0 spiro atoms. The summed E-state index contributed by atoms with van der Waals surface area (Å²) >= 11 is 13.8. The maximum Gasteiger partial charge on any atom is 0.345 e. The van der Waals surface area contributed by atoms with Crippen LogP contribution in [0.4, 0.5) is 0 Å². The van der Waals surface area contributed by atoms with Gasteiger partial charge in [0.2, 0.25) is 0 Å². The van der Waals surface area contributed by atoms with Crippen LogP contribution in [0.2, 0.25) is 0 Å². The van der Waals surface area contributed by atoms with Crippen LogP contribution in [-0.2, 0) is 0 Å². The Hall–Kier alpha value is -0.510. The van der Waals surface area contributed by atoms with Gasteiger partial charge in [0, 0.05) is 25.6 Å². The summed E-state index contributed by atoms with van der Waals surface area (Å²) in [6.45, 7) is 0. The Morgan fingerprint density at radius 3 is 2.17 bits per heavy atom. The molecule has 0 saturated carbocycles. The van der Waals surface area contributed by atoms with Crippen molar-refractivity contribution in [1.82, 2.24) is 0 Å². The van der Waals surface area contributed by atoms with E-state index in [4.69, 9.17) is 0 Å². The van der Waals surface area contributed by atoms with Crippen LogP contribution in [0.3, 0.4) is 0 Å². The average Bonchev–Trinajstić information content (AvgIpc) is 3.17. The predicted molar refractivity (Wildman–Crippen MR) is 110 cm³/mol. The van der Waals surface area contributed by atoms with Crippen LogP contribution in [0, 0.1) is 0 Å². The Labute approximate surface area is 162 Å². The number of rotatable bonds is 1. The first-order valence-electron chi connectivity index (χ1n) is 6.42. The standard InChI is InChI=1S/C15H4Br2O2S4/c16-8-1-4-10-11(5-2-9(17)23-13(5)12(4)22-8)20-6-3-7(15(18)19)21-14(6)10/h1-3H,(H,18,19). The van der Waals surface area contributed by atoms with E-state index < -0.39 is 5.97 Å². The van der Waals surface area contributed by atoms with E-state index in [9.17, 15) is 9.90 Å². The van der Waals surface area contributed by atoms with E-state index in [1.54, 1.807) is 40.1 Å². The maximum absolute atomic E-state index is 11.3. The van der Waals surface area contributed by atoms with E-state index >= 15 is 0 Å². The lowest BCUT2D eigenvalue weighted by Gasteiger charge is -1.97. The molecule has 8 heteroatoms. The van der Waals surface area contributed by atoms with Gasteiger partial charge in [0.1, 0.15) is 4.88 Å². The van der Waals surface area contributed by atoms with Gasteiger partial charge in [-0.3, -0.25) is 0 Å². The Morgan fingerprint density at radius 2 is 1.48 bits per heavy atom. The number of hydrogen-bond acceptors (Lipinski definition) is 5. The largest absolute Gasteiger partial charge is 0.477 e. The second-order valence-corrected chi connectivity index (χ2v) is 12.0. The SMILES string of the molecule is O=C(O)c1cc2sc3c4cc(Br)sc4c4sc(Br)cc4c3c2s1. The number of benzene rings is 1. The summed E-state index contributed by atoms with van der Waals surface area (Å²) < 4.78 is 8.16. The summed E-state index contributed by atoms with van der Waals surface area (Å²) in [4.78, 5) is 11.7. The first-order valence-corrected chi connectivity index (χ1v) is 11.3. The summed E-state index contributed by atoms with van der Waals surface area (Å²) in [7, 11) is 0. The van der Waals surface area contributed by atoms with Gasteiger partial charge in [0.05, 0.1) is 21.7 Å². The summed E-state index contributed by atoms with van der Waals surface area (Å²) in [5, 5.41) is 12.9. The van der Waals surface area contributed by atoms with Crippen LogP contribution < -0.4 is 0 Å². The molecule has 0 atom stereocenters. The van der Waals surface area contributed by atoms with Crippen molar-refractivity contribution < 1.29 is 9.90 Å². The normalized spacial score (nSPS) is 12.3. The molecule has 1 aromatic carbocycles. The highest BCUT2D eigenvalue weighted by atomic mass is 79.9. The molecule has 23 heavy (non-hydrogen) atoms. The fourth-order valence-corrected chi connectivity index (χ4v) is 8.80. The minimum absolute atomic E-state index is 0.405. The smallest absolute Gasteiger partial charge is 0.345 e. The molecule has 114 valence electrons. The monoisotopic (exact) mass is 502 g/mol. The first kappa shape index (κ1) is 14.8. The minimum atomic E-state index is -0.853. The van der Waals surface area contributed by atoms with Crippen LogP contribution in [0.5, 0.6) is 0 Å². The third kappa shape index (κ3) is 2.03. The van der Waals surface area contributed by atoms with Crippen LogP contribution in [0.1, 0.15) is 9.67 Å². The third-order valence-electron chi connectivity index (χ3n) is 3.70. The molecular weight excluding hydrogens is 500 g/mol. The van der Waals surface area contributed by atoms with Crippen molar-refractivity contribution in [2.75, 3.05) is 0 Å². The van der Waals surface area contributed by atoms with E-state index in [1.165, 1.54) is 41.6 Å². The van der Waals surface area contributed by atoms with E-state index in [-0.39, 0.29) is 0 Å². The number of fused-ring (bicyclic) bond motifs is 8. The zero-order chi connectivity index (χ0) is 15.9. The number of hydrogen-bond donors (Lipinski definition) is 1. The Bertz CT molecular complexity index is 1270. The number of carbonyl (C=O) groups is 1. The van der Waals surface area contributed by atoms with Crippen LogP contribution in [0.15, 0.2) is 25.8 Å². The Balaban J connectivity index is 2.11. The van der Waals surface area contributed by atoms with Crippen LogP contribution in [-0.4, -0.2) is 11.1 Å². The van der Waals surface area contributed by atoms with Crippen molar-refractivity contribution in [1.29, 1.82) is 0 Å². The van der Waals surface area contributed by atoms with Gasteiger partial charge in [-0.15, -0.1) is 45.3 Å². The highest BCUT2D eigenvalue weighted by Crippen LogP contribution is 2.51. The molecule has 5 rings (SSSR count). The molecule has 4 aromatic heterocycles. The van der Waals surface area contributed by atoms with E-state index in [1.807, 2.05) is 0 Å².